The molecule has 2 nitrogen and oxygen atoms in total. The van der Waals surface area contributed by atoms with Crippen LogP contribution in [0.1, 0.15) is 0 Å². The zero-order chi connectivity index (χ0) is 15.0. The Kier molecular flexibility index (Phi) is 3.61. The third-order valence-electron chi connectivity index (χ3n) is 3.03. The Labute approximate surface area is 128 Å². The minimum atomic E-state index is -0.937. The third-order valence-corrected chi connectivity index (χ3v) is 4.03. The van der Waals surface area contributed by atoms with Crippen molar-refractivity contribution in [1.29, 1.82) is 5.41 Å². The van der Waals surface area contributed by atoms with Gasteiger partial charge in [-0.25, -0.2) is 8.78 Å². The standard InChI is InChI=1S/C15H9ClF2N2S/c16-10-3-1-9(2-4-10)14-8-21-15(19)20(14)11-5-6-12(17)13(18)7-11/h1-8,19H. The van der Waals surface area contributed by atoms with E-state index in [1.807, 2.05) is 12.1 Å². The molecule has 0 unspecified atom stereocenters. The zero-order valence-electron chi connectivity index (χ0n) is 10.6. The van der Waals surface area contributed by atoms with Crippen molar-refractivity contribution in [3.05, 3.63) is 69.3 Å². The molecule has 3 rings (SSSR count). The molecular formula is C15H9ClF2N2S. The number of hydrogen-bond donors (Lipinski definition) is 1. The molecule has 21 heavy (non-hydrogen) atoms. The maximum atomic E-state index is 13.4. The number of nitrogens with zero attached hydrogens (tertiary/aromatic N) is 1. The molecule has 0 spiro atoms. The van der Waals surface area contributed by atoms with Crippen LogP contribution in [0.3, 0.4) is 0 Å². The molecule has 0 bridgehead atoms. The summed E-state index contributed by atoms with van der Waals surface area (Å²) < 4.78 is 28.1. The van der Waals surface area contributed by atoms with Crippen molar-refractivity contribution in [3.8, 4) is 16.9 Å². The average molecular weight is 323 g/mol. The predicted octanol–water partition coefficient (Wildman–Crippen LogP) is 4.62. The molecule has 1 heterocycles. The van der Waals surface area contributed by atoms with Gasteiger partial charge in [0.1, 0.15) is 0 Å². The number of aromatic nitrogens is 1. The molecule has 0 atom stereocenters. The van der Waals surface area contributed by atoms with Gasteiger partial charge in [-0.15, -0.1) is 11.3 Å². The van der Waals surface area contributed by atoms with E-state index in [4.69, 9.17) is 17.0 Å². The van der Waals surface area contributed by atoms with Crippen LogP contribution in [-0.4, -0.2) is 4.57 Å². The number of thiazole rings is 1. The van der Waals surface area contributed by atoms with Crippen LogP contribution < -0.4 is 4.80 Å². The lowest BCUT2D eigenvalue weighted by Crippen LogP contribution is -2.12. The summed E-state index contributed by atoms with van der Waals surface area (Å²) in [4.78, 5) is 0.228. The highest BCUT2D eigenvalue weighted by Gasteiger charge is 2.11. The van der Waals surface area contributed by atoms with Gasteiger partial charge < -0.3 is 0 Å². The Hall–Kier alpha value is -1.98. The van der Waals surface area contributed by atoms with E-state index in [2.05, 4.69) is 0 Å². The van der Waals surface area contributed by atoms with Gasteiger partial charge in [-0.05, 0) is 29.8 Å². The summed E-state index contributed by atoms with van der Waals surface area (Å²) in [7, 11) is 0. The summed E-state index contributed by atoms with van der Waals surface area (Å²) in [5, 5.41) is 10.4. The molecule has 0 fully saturated rings. The molecule has 6 heteroatoms. The monoisotopic (exact) mass is 322 g/mol. The van der Waals surface area contributed by atoms with Crippen LogP contribution in [0.4, 0.5) is 8.78 Å². The van der Waals surface area contributed by atoms with Gasteiger partial charge >= 0.3 is 0 Å². The van der Waals surface area contributed by atoms with Gasteiger partial charge in [0.25, 0.3) is 0 Å². The van der Waals surface area contributed by atoms with Crippen molar-refractivity contribution in [3.63, 3.8) is 0 Å². The Morgan fingerprint density at radius 3 is 2.38 bits per heavy atom. The van der Waals surface area contributed by atoms with Crippen LogP contribution in [0.5, 0.6) is 0 Å². The summed E-state index contributed by atoms with van der Waals surface area (Å²) in [6.07, 6.45) is 0. The van der Waals surface area contributed by atoms with E-state index in [9.17, 15) is 8.78 Å². The second-order valence-electron chi connectivity index (χ2n) is 4.37. The average Bonchev–Trinajstić information content (AvgIpc) is 2.85. The number of hydrogen-bond acceptors (Lipinski definition) is 2. The molecule has 2 aromatic carbocycles. The zero-order valence-corrected chi connectivity index (χ0v) is 12.2. The van der Waals surface area contributed by atoms with E-state index in [-0.39, 0.29) is 4.80 Å². The van der Waals surface area contributed by atoms with Gasteiger partial charge in [-0.1, -0.05) is 23.7 Å². The maximum Gasteiger partial charge on any atom is 0.187 e. The van der Waals surface area contributed by atoms with E-state index >= 15 is 0 Å². The summed E-state index contributed by atoms with van der Waals surface area (Å²) in [5.41, 5.74) is 1.98. The van der Waals surface area contributed by atoms with E-state index in [0.29, 0.717) is 10.7 Å². The van der Waals surface area contributed by atoms with Crippen molar-refractivity contribution >= 4 is 22.9 Å². The van der Waals surface area contributed by atoms with Crippen LogP contribution in [0, 0.1) is 17.0 Å². The first-order valence-corrected chi connectivity index (χ1v) is 7.28. The molecule has 0 aliphatic carbocycles. The maximum absolute atomic E-state index is 13.4. The van der Waals surface area contributed by atoms with Crippen molar-refractivity contribution in [1.82, 2.24) is 4.57 Å². The van der Waals surface area contributed by atoms with Crippen molar-refractivity contribution in [2.24, 2.45) is 0 Å². The normalized spacial score (nSPS) is 10.8. The molecule has 3 aromatic rings. The first-order valence-electron chi connectivity index (χ1n) is 6.03. The number of halogens is 3. The molecule has 0 saturated carbocycles. The van der Waals surface area contributed by atoms with E-state index in [1.54, 1.807) is 22.1 Å². The van der Waals surface area contributed by atoms with Gasteiger partial charge in [0.05, 0.1) is 11.4 Å². The Bertz CT molecular complexity index is 853. The second-order valence-corrected chi connectivity index (χ2v) is 5.66. The SMILES string of the molecule is N=c1scc(-c2ccc(Cl)cc2)n1-c1ccc(F)c(F)c1. The highest BCUT2D eigenvalue weighted by Crippen LogP contribution is 2.25. The number of nitrogens with one attached hydrogen (secondary N) is 1. The van der Waals surface area contributed by atoms with Crippen molar-refractivity contribution < 1.29 is 8.78 Å². The summed E-state index contributed by atoms with van der Waals surface area (Å²) >= 11 is 7.08. The quantitative estimate of drug-likeness (QED) is 0.713. The number of benzene rings is 2. The molecule has 0 radical (unpaired) electrons. The third kappa shape index (κ3) is 2.62. The summed E-state index contributed by atoms with van der Waals surface area (Å²) in [5.74, 6) is -1.85. The summed E-state index contributed by atoms with van der Waals surface area (Å²) in [6.45, 7) is 0. The van der Waals surface area contributed by atoms with Gasteiger partial charge in [-0.2, -0.15) is 0 Å². The van der Waals surface area contributed by atoms with Crippen LogP contribution in [0.15, 0.2) is 47.8 Å². The smallest absolute Gasteiger partial charge is 0.187 e. The Balaban J connectivity index is 2.19. The first kappa shape index (κ1) is 14.0. The Morgan fingerprint density at radius 1 is 1.00 bits per heavy atom. The largest absolute Gasteiger partial charge is 0.285 e. The minimum Gasteiger partial charge on any atom is -0.285 e. The molecule has 0 amide bonds. The van der Waals surface area contributed by atoms with Crippen molar-refractivity contribution in [2.75, 3.05) is 0 Å². The lowest BCUT2D eigenvalue weighted by Gasteiger charge is -2.09. The fourth-order valence-electron chi connectivity index (χ4n) is 2.02. The van der Waals surface area contributed by atoms with Crippen LogP contribution >= 0.6 is 22.9 Å². The van der Waals surface area contributed by atoms with Crippen LogP contribution in [-0.2, 0) is 0 Å². The molecule has 1 aromatic heterocycles. The number of rotatable bonds is 2. The van der Waals surface area contributed by atoms with Crippen molar-refractivity contribution in [2.45, 2.75) is 0 Å². The second kappa shape index (κ2) is 5.42. The van der Waals surface area contributed by atoms with Gasteiger partial charge in [-0.3, -0.25) is 9.98 Å². The van der Waals surface area contributed by atoms with E-state index in [1.165, 1.54) is 17.4 Å². The molecule has 0 aliphatic heterocycles. The molecule has 0 aliphatic rings. The molecular weight excluding hydrogens is 314 g/mol. The fourth-order valence-corrected chi connectivity index (χ4v) is 2.92. The van der Waals surface area contributed by atoms with Gasteiger partial charge in [0.15, 0.2) is 16.4 Å². The first-order chi connectivity index (χ1) is 10.1. The predicted molar refractivity (Wildman–Crippen MR) is 79.9 cm³/mol. The van der Waals surface area contributed by atoms with Crippen LogP contribution in [0.25, 0.3) is 16.9 Å². The Morgan fingerprint density at radius 2 is 1.71 bits per heavy atom. The highest BCUT2D eigenvalue weighted by atomic mass is 35.5. The van der Waals surface area contributed by atoms with Crippen LogP contribution in [0.2, 0.25) is 5.02 Å². The lowest BCUT2D eigenvalue weighted by atomic mass is 10.1. The molecule has 1 N–H and O–H groups in total. The fraction of sp³-hybridized carbons (Fsp3) is 0. The van der Waals surface area contributed by atoms with E-state index in [0.717, 1.165) is 23.4 Å². The summed E-state index contributed by atoms with van der Waals surface area (Å²) in [6, 6.07) is 10.7. The minimum absolute atomic E-state index is 0.228. The highest BCUT2D eigenvalue weighted by molar-refractivity contribution is 7.07. The topological polar surface area (TPSA) is 28.8 Å². The molecule has 0 saturated heterocycles. The van der Waals surface area contributed by atoms with Gasteiger partial charge in [0, 0.05) is 16.5 Å². The van der Waals surface area contributed by atoms with E-state index < -0.39 is 11.6 Å². The lowest BCUT2D eigenvalue weighted by molar-refractivity contribution is 0.508. The molecule has 106 valence electrons. The van der Waals surface area contributed by atoms with Gasteiger partial charge in [0.2, 0.25) is 0 Å².